The van der Waals surface area contributed by atoms with Gasteiger partial charge in [-0.2, -0.15) is 0 Å². The molecule has 0 N–H and O–H groups in total. The second-order valence-electron chi connectivity index (χ2n) is 0. The zero-order chi connectivity index (χ0) is 4.00. The molecule has 0 atom stereocenters. The van der Waals surface area contributed by atoms with Crippen LogP contribution in [0.4, 0.5) is 3.50 Å². The molecule has 0 rings (SSSR count). The average molecular weight is 237 g/mol. The van der Waals surface area contributed by atoms with E-state index in [1.165, 1.54) is 0 Å². The maximum absolute atomic E-state index is 9.50. The number of halogens is 1. The molecule has 0 aliphatic carbocycles. The van der Waals surface area contributed by atoms with Gasteiger partial charge in [0, 0.05) is 0 Å². The van der Waals surface area contributed by atoms with Crippen molar-refractivity contribution in [3.63, 3.8) is 0 Å². The predicted octanol–water partition coefficient (Wildman–Crippen LogP) is -0.722. The van der Waals surface area contributed by atoms with Crippen LogP contribution in [0, 0.1) is 0 Å². The van der Waals surface area contributed by atoms with E-state index < -0.39 is 0 Å². The van der Waals surface area contributed by atoms with Crippen molar-refractivity contribution in [3.05, 3.63) is 0 Å². The predicted molar refractivity (Wildman–Crippen MR) is 18.4 cm³/mol. The van der Waals surface area contributed by atoms with E-state index in [2.05, 4.69) is 0 Å². The number of hydrogen-bond donors (Lipinski definition) is 0. The van der Waals surface area contributed by atoms with Crippen LogP contribution in [0.25, 0.3) is 0 Å². The van der Waals surface area contributed by atoms with E-state index in [9.17, 15) is 3.50 Å². The molecule has 0 spiro atoms. The Bertz CT molecular complexity index is 3.25. The second-order valence-corrected chi connectivity index (χ2v) is 0. The van der Waals surface area contributed by atoms with E-state index in [-0.39, 0.29) is 0 Å². The Morgan fingerprint density at radius 1 is 1.00 bits per heavy atom. The van der Waals surface area contributed by atoms with Gasteiger partial charge in [0.1, 0.15) is 0 Å². The molecule has 0 aromatic heterocycles. The zero-order valence-corrected chi connectivity index (χ0v) is 8.17. The monoisotopic (exact) mass is 241 g/mol. The number of hydrogen-bond acceptors (Lipinski definition) is 0. The summed E-state index contributed by atoms with van der Waals surface area (Å²) in [6.45, 7) is 0. The Morgan fingerprint density at radius 2 is 1.00 bits per heavy atom. The molecule has 0 amide bonds. The van der Waals surface area contributed by atoms with E-state index in [4.69, 9.17) is 0 Å². The van der Waals surface area contributed by atoms with Crippen LogP contribution in [0.2, 0.25) is 0 Å². The molecule has 19 valence electrons. The Morgan fingerprint density at radius 3 is 1.00 bits per heavy atom. The summed E-state index contributed by atoms with van der Waals surface area (Å²) in [4.78, 5) is 0. The maximum atomic E-state index is 9.50. The third-order valence-electron chi connectivity index (χ3n) is 0. The van der Waals surface area contributed by atoms with Gasteiger partial charge < -0.3 is 0 Å². The average Bonchev–Trinajstić information content (AvgIpc) is 1.50. The van der Waals surface area contributed by atoms with Gasteiger partial charge in [0.25, 0.3) is 0 Å². The summed E-state index contributed by atoms with van der Waals surface area (Å²) in [5.41, 5.74) is 0. The Hall–Kier alpha value is 1.56. The summed E-state index contributed by atoms with van der Waals surface area (Å²) in [6.07, 6.45) is 0. The van der Waals surface area contributed by atoms with Crippen molar-refractivity contribution in [1.29, 1.82) is 0 Å². The molecule has 0 fully saturated rings. The van der Waals surface area contributed by atoms with E-state index in [1.54, 1.807) is 0 Å². The van der Waals surface area contributed by atoms with Gasteiger partial charge >= 0.3 is 48.5 Å². The Labute approximate surface area is 48.4 Å². The second kappa shape index (κ2) is 23.8. The fourth-order valence-electron chi connectivity index (χ4n) is 0. The molecule has 0 aliphatic rings. The van der Waals surface area contributed by atoms with Crippen molar-refractivity contribution in [1.82, 2.24) is 0 Å². The van der Waals surface area contributed by atoms with Gasteiger partial charge in [-0.1, -0.05) is 0 Å². The molecule has 0 aromatic rings. The molecule has 4 heavy (non-hydrogen) atoms. The summed E-state index contributed by atoms with van der Waals surface area (Å²) in [5, 5.41) is 0. The molecular formula is FGe3. The molecular weight excluding hydrogens is 237 g/mol. The molecule has 0 unspecified atom stereocenters. The summed E-state index contributed by atoms with van der Waals surface area (Å²) in [5.74, 6) is 0. The quantitative estimate of drug-likeness (QED) is 0.487. The summed E-state index contributed by atoms with van der Waals surface area (Å²) in [7, 11) is 0. The summed E-state index contributed by atoms with van der Waals surface area (Å²) < 4.78 is 9.50. The van der Waals surface area contributed by atoms with E-state index in [0.29, 0.717) is 17.0 Å². The van der Waals surface area contributed by atoms with E-state index in [0.717, 1.165) is 0 Å². The Balaban J connectivity index is 0. The van der Waals surface area contributed by atoms with Crippen LogP contribution in [0.3, 0.4) is 0 Å². The van der Waals surface area contributed by atoms with Crippen molar-refractivity contribution in [2.75, 3.05) is 0 Å². The van der Waals surface area contributed by atoms with E-state index in [1.807, 2.05) is 28.0 Å². The molecule has 0 nitrogen and oxygen atoms in total. The molecule has 0 bridgehead atoms. The van der Waals surface area contributed by atoms with Gasteiger partial charge in [0.05, 0.1) is 0 Å². The van der Waals surface area contributed by atoms with Gasteiger partial charge in [0.2, 0.25) is 0 Å². The molecule has 7 radical (unpaired) electrons. The molecule has 0 saturated heterocycles. The van der Waals surface area contributed by atoms with Crippen molar-refractivity contribution in [3.8, 4) is 0 Å². The van der Waals surface area contributed by atoms with Gasteiger partial charge in [-0.25, -0.2) is 0 Å². The first-order valence-electron chi connectivity index (χ1n) is 0.439. The van der Waals surface area contributed by atoms with Crippen molar-refractivity contribution in [2.45, 2.75) is 0 Å². The number of rotatable bonds is 0. The minimum absolute atomic E-state index is 0.500. The normalized spacial score (nSPS) is 2.50. The molecule has 4 heteroatoms. The SMILES string of the molecule is [F][Ge].[Ge]=[Ge]. The molecule has 0 saturated carbocycles. The van der Waals surface area contributed by atoms with Gasteiger partial charge in [-0.3, -0.25) is 0 Å². The molecule has 0 heterocycles. The zero-order valence-electron chi connectivity index (χ0n) is 1.88. The molecule has 0 aliphatic heterocycles. The van der Waals surface area contributed by atoms with Crippen molar-refractivity contribution >= 4 is 45.0 Å². The Kier molecular flexibility index (Phi) is 54.2. The standard InChI is InChI=1S/FGe.Ge2/c2*1-2. The van der Waals surface area contributed by atoms with Crippen LogP contribution >= 0.6 is 0 Å². The van der Waals surface area contributed by atoms with Gasteiger partial charge in [0.15, 0.2) is 0 Å². The first-order chi connectivity index (χ1) is 2.00. The first kappa shape index (κ1) is 9.12. The third kappa shape index (κ3) is 9.59. The van der Waals surface area contributed by atoms with Crippen LogP contribution < -0.4 is 0 Å². The topological polar surface area (TPSA) is 0 Å². The van der Waals surface area contributed by atoms with Gasteiger partial charge in [-0.05, 0) is 0 Å². The van der Waals surface area contributed by atoms with E-state index >= 15 is 0 Å². The van der Waals surface area contributed by atoms with Gasteiger partial charge in [-0.15, -0.1) is 0 Å². The van der Waals surface area contributed by atoms with Crippen LogP contribution in [0.1, 0.15) is 0 Å². The fraction of sp³-hybridized carbons (Fsp3) is 0. The summed E-state index contributed by atoms with van der Waals surface area (Å²) >= 11 is 4.50. The fourth-order valence-corrected chi connectivity index (χ4v) is 0. The van der Waals surface area contributed by atoms with Crippen LogP contribution in [-0.2, 0) is 0 Å². The van der Waals surface area contributed by atoms with Crippen molar-refractivity contribution < 1.29 is 3.50 Å². The minimum atomic E-state index is 0.500. The van der Waals surface area contributed by atoms with Crippen LogP contribution in [0.5, 0.6) is 0 Å². The first-order valence-corrected chi connectivity index (χ1v) is 7.73. The molecule has 0 aromatic carbocycles. The van der Waals surface area contributed by atoms with Crippen LogP contribution in [0.15, 0.2) is 0 Å². The summed E-state index contributed by atoms with van der Waals surface area (Å²) in [6, 6.07) is 0. The van der Waals surface area contributed by atoms with Crippen molar-refractivity contribution in [2.24, 2.45) is 0 Å². The van der Waals surface area contributed by atoms with Crippen LogP contribution in [-0.4, -0.2) is 45.0 Å². The third-order valence-corrected chi connectivity index (χ3v) is 0.